The van der Waals surface area contributed by atoms with Crippen LogP contribution in [0.1, 0.15) is 36.5 Å². The Morgan fingerprint density at radius 3 is 2.59 bits per heavy atom. The van der Waals surface area contributed by atoms with Crippen LogP contribution in [0.5, 0.6) is 5.75 Å². The number of carbonyl (C=O) groups excluding carboxylic acids is 1. The van der Waals surface area contributed by atoms with Gasteiger partial charge < -0.3 is 9.64 Å². The third-order valence-corrected chi connectivity index (χ3v) is 5.20. The van der Waals surface area contributed by atoms with Gasteiger partial charge in [-0.15, -0.1) is 0 Å². The van der Waals surface area contributed by atoms with Crippen molar-refractivity contribution < 1.29 is 9.53 Å². The molecule has 1 N–H and O–H groups in total. The van der Waals surface area contributed by atoms with Crippen LogP contribution in [-0.2, 0) is 13.0 Å². The van der Waals surface area contributed by atoms with Crippen molar-refractivity contribution in [1.82, 2.24) is 4.98 Å². The largest absolute Gasteiger partial charge is 0.417 e. The topological polar surface area (TPSA) is 54.5 Å². The summed E-state index contributed by atoms with van der Waals surface area (Å²) in [5.74, 6) is 0.985. The number of hydrogen-bond donors (Lipinski definition) is 1. The van der Waals surface area contributed by atoms with Crippen LogP contribution in [0.25, 0.3) is 0 Å². The summed E-state index contributed by atoms with van der Waals surface area (Å²) in [4.78, 5) is 18.7. The van der Waals surface area contributed by atoms with Gasteiger partial charge in [0.15, 0.2) is 0 Å². The molecule has 29 heavy (non-hydrogen) atoms. The molecule has 1 amide bonds. The highest BCUT2D eigenvalue weighted by Gasteiger charge is 2.20. The zero-order chi connectivity index (χ0) is 20.2. The SMILES string of the molecule is CC(C)c1ccc(OC(=O)Nc2ccc3c(c2)CCN3Cc2ccncc2)cc1. The van der Waals surface area contributed by atoms with Gasteiger partial charge >= 0.3 is 6.09 Å². The molecule has 0 aliphatic carbocycles. The molecule has 0 spiro atoms. The zero-order valence-electron chi connectivity index (χ0n) is 16.8. The number of benzene rings is 2. The first kappa shape index (κ1) is 19.0. The second-order valence-corrected chi connectivity index (χ2v) is 7.61. The minimum Gasteiger partial charge on any atom is -0.410 e. The van der Waals surface area contributed by atoms with Crippen LogP contribution in [0.4, 0.5) is 16.2 Å². The fourth-order valence-corrected chi connectivity index (χ4v) is 3.59. The molecular weight excluding hydrogens is 362 g/mol. The number of nitrogens with one attached hydrogen (secondary N) is 1. The van der Waals surface area contributed by atoms with Crippen LogP contribution in [0.3, 0.4) is 0 Å². The molecule has 0 radical (unpaired) electrons. The molecule has 0 atom stereocenters. The van der Waals surface area contributed by atoms with Crippen LogP contribution in [-0.4, -0.2) is 17.6 Å². The van der Waals surface area contributed by atoms with Gasteiger partial charge in [-0.2, -0.15) is 0 Å². The maximum atomic E-state index is 12.3. The standard InChI is InChI=1S/C24H25N3O2/c1-17(2)19-3-6-22(7-4-19)29-24(28)26-21-5-8-23-20(15-21)11-14-27(23)16-18-9-12-25-13-10-18/h3-10,12-13,15,17H,11,14,16H2,1-2H3,(H,26,28). The van der Waals surface area contributed by atoms with Gasteiger partial charge in [-0.1, -0.05) is 26.0 Å². The number of pyridine rings is 1. The average molecular weight is 387 g/mol. The minimum atomic E-state index is -0.478. The zero-order valence-corrected chi connectivity index (χ0v) is 16.8. The Kier molecular flexibility index (Phi) is 5.47. The van der Waals surface area contributed by atoms with E-state index in [1.165, 1.54) is 22.4 Å². The number of anilines is 2. The molecule has 0 unspecified atom stereocenters. The molecule has 0 fully saturated rings. The summed E-state index contributed by atoms with van der Waals surface area (Å²) in [6, 6.07) is 17.7. The van der Waals surface area contributed by atoms with Crippen molar-refractivity contribution >= 4 is 17.5 Å². The Morgan fingerprint density at radius 2 is 1.86 bits per heavy atom. The average Bonchev–Trinajstić information content (AvgIpc) is 3.11. The quantitative estimate of drug-likeness (QED) is 0.639. The molecule has 1 aliphatic rings. The predicted octanol–water partition coefficient (Wildman–Crippen LogP) is 5.38. The van der Waals surface area contributed by atoms with E-state index in [1.807, 2.05) is 60.9 Å². The van der Waals surface area contributed by atoms with E-state index < -0.39 is 6.09 Å². The second-order valence-electron chi connectivity index (χ2n) is 7.61. The molecular formula is C24H25N3O2. The van der Waals surface area contributed by atoms with Gasteiger partial charge in [0.05, 0.1) is 0 Å². The van der Waals surface area contributed by atoms with E-state index in [2.05, 4.69) is 35.1 Å². The predicted molar refractivity (Wildman–Crippen MR) is 116 cm³/mol. The van der Waals surface area contributed by atoms with E-state index in [0.29, 0.717) is 11.7 Å². The van der Waals surface area contributed by atoms with Crippen LogP contribution >= 0.6 is 0 Å². The normalized spacial score (nSPS) is 12.7. The first-order valence-electron chi connectivity index (χ1n) is 9.94. The molecule has 0 bridgehead atoms. The molecule has 3 aromatic rings. The fourth-order valence-electron chi connectivity index (χ4n) is 3.59. The van der Waals surface area contributed by atoms with E-state index >= 15 is 0 Å². The Bertz CT molecular complexity index is 985. The Balaban J connectivity index is 1.38. The number of carbonyl (C=O) groups is 1. The van der Waals surface area contributed by atoms with E-state index in [0.717, 1.165) is 25.2 Å². The van der Waals surface area contributed by atoms with Crippen molar-refractivity contribution in [2.24, 2.45) is 0 Å². The molecule has 1 aliphatic heterocycles. The van der Waals surface area contributed by atoms with E-state index in [-0.39, 0.29) is 0 Å². The number of aromatic nitrogens is 1. The van der Waals surface area contributed by atoms with Crippen LogP contribution < -0.4 is 15.0 Å². The summed E-state index contributed by atoms with van der Waals surface area (Å²) >= 11 is 0. The van der Waals surface area contributed by atoms with Crippen LogP contribution in [0.2, 0.25) is 0 Å². The van der Waals surface area contributed by atoms with Crippen molar-refractivity contribution in [2.75, 3.05) is 16.8 Å². The van der Waals surface area contributed by atoms with Gasteiger partial charge in [-0.05, 0) is 71.5 Å². The molecule has 4 rings (SSSR count). The molecule has 5 nitrogen and oxygen atoms in total. The van der Waals surface area contributed by atoms with Crippen molar-refractivity contribution in [3.63, 3.8) is 0 Å². The fraction of sp³-hybridized carbons (Fsp3) is 0.250. The number of amides is 1. The van der Waals surface area contributed by atoms with Crippen molar-refractivity contribution in [2.45, 2.75) is 32.7 Å². The lowest BCUT2D eigenvalue weighted by atomic mass is 10.0. The molecule has 0 saturated carbocycles. The lowest BCUT2D eigenvalue weighted by Crippen LogP contribution is -2.19. The Hall–Kier alpha value is -3.34. The highest BCUT2D eigenvalue weighted by atomic mass is 16.6. The summed E-state index contributed by atoms with van der Waals surface area (Å²) in [6.45, 7) is 6.09. The summed E-state index contributed by atoms with van der Waals surface area (Å²) in [5.41, 5.74) is 5.65. The van der Waals surface area contributed by atoms with E-state index in [1.54, 1.807) is 0 Å². The third kappa shape index (κ3) is 4.57. The van der Waals surface area contributed by atoms with Crippen LogP contribution in [0.15, 0.2) is 67.0 Å². The Labute approximate surface area is 171 Å². The van der Waals surface area contributed by atoms with E-state index in [9.17, 15) is 4.79 Å². The molecule has 2 heterocycles. The minimum absolute atomic E-state index is 0.447. The van der Waals surface area contributed by atoms with Gasteiger partial charge in [0.2, 0.25) is 0 Å². The van der Waals surface area contributed by atoms with Crippen molar-refractivity contribution in [3.8, 4) is 5.75 Å². The van der Waals surface area contributed by atoms with Gasteiger partial charge in [-0.3, -0.25) is 10.3 Å². The van der Waals surface area contributed by atoms with Gasteiger partial charge in [0.1, 0.15) is 5.75 Å². The third-order valence-electron chi connectivity index (χ3n) is 5.20. The van der Waals surface area contributed by atoms with Crippen molar-refractivity contribution in [1.29, 1.82) is 0 Å². The summed E-state index contributed by atoms with van der Waals surface area (Å²) < 4.78 is 5.41. The van der Waals surface area contributed by atoms with Gasteiger partial charge in [0.25, 0.3) is 0 Å². The second kappa shape index (κ2) is 8.35. The number of fused-ring (bicyclic) bond motifs is 1. The maximum absolute atomic E-state index is 12.3. The number of ether oxygens (including phenoxy) is 1. The number of hydrogen-bond acceptors (Lipinski definition) is 4. The van der Waals surface area contributed by atoms with Gasteiger partial charge in [0, 0.05) is 36.9 Å². The lowest BCUT2D eigenvalue weighted by Gasteiger charge is -2.19. The first-order valence-corrected chi connectivity index (χ1v) is 9.94. The van der Waals surface area contributed by atoms with Crippen LogP contribution in [0, 0.1) is 0 Å². The smallest absolute Gasteiger partial charge is 0.410 e. The van der Waals surface area contributed by atoms with Gasteiger partial charge in [-0.25, -0.2) is 4.79 Å². The number of rotatable bonds is 5. The molecule has 148 valence electrons. The summed E-state index contributed by atoms with van der Waals surface area (Å²) in [5, 5.41) is 2.83. The summed E-state index contributed by atoms with van der Waals surface area (Å²) in [7, 11) is 0. The lowest BCUT2D eigenvalue weighted by molar-refractivity contribution is 0.215. The molecule has 2 aromatic carbocycles. The molecule has 0 saturated heterocycles. The summed E-state index contributed by atoms with van der Waals surface area (Å²) in [6.07, 6.45) is 4.12. The first-order chi connectivity index (χ1) is 14.1. The Morgan fingerprint density at radius 1 is 1.10 bits per heavy atom. The molecule has 5 heteroatoms. The van der Waals surface area contributed by atoms with E-state index in [4.69, 9.17) is 4.74 Å². The highest BCUT2D eigenvalue weighted by Crippen LogP contribution is 2.31. The number of nitrogens with zero attached hydrogens (tertiary/aromatic N) is 2. The molecule has 1 aromatic heterocycles. The monoisotopic (exact) mass is 387 g/mol. The maximum Gasteiger partial charge on any atom is 0.417 e. The highest BCUT2D eigenvalue weighted by molar-refractivity contribution is 5.87. The van der Waals surface area contributed by atoms with Crippen molar-refractivity contribution in [3.05, 3.63) is 83.7 Å².